The Morgan fingerprint density at radius 3 is 2.55 bits per heavy atom. The van der Waals surface area contributed by atoms with E-state index in [1.165, 1.54) is 41.5 Å². The smallest absolute Gasteiger partial charge is 0.0595 e. The summed E-state index contributed by atoms with van der Waals surface area (Å²) in [6.45, 7) is 0. The molecule has 0 aliphatic heterocycles. The normalized spacial score (nSPS) is 15.2. The van der Waals surface area contributed by atoms with Crippen molar-refractivity contribution in [3.05, 3.63) is 68.7 Å². The van der Waals surface area contributed by atoms with E-state index >= 15 is 0 Å². The molecule has 1 unspecified atom stereocenters. The molecular formula is C17H15BrCl2. The monoisotopic (exact) mass is 368 g/mol. The van der Waals surface area contributed by atoms with Crippen LogP contribution in [0.15, 0.2) is 36.4 Å². The summed E-state index contributed by atoms with van der Waals surface area (Å²) in [6, 6.07) is 12.7. The van der Waals surface area contributed by atoms with Crippen molar-refractivity contribution in [3.8, 4) is 0 Å². The van der Waals surface area contributed by atoms with E-state index in [1.807, 2.05) is 18.2 Å². The number of alkyl halides is 1. The molecule has 3 rings (SSSR count). The van der Waals surface area contributed by atoms with Crippen molar-refractivity contribution < 1.29 is 0 Å². The van der Waals surface area contributed by atoms with Gasteiger partial charge < -0.3 is 0 Å². The van der Waals surface area contributed by atoms with Gasteiger partial charge in [-0.05, 0) is 60.1 Å². The topological polar surface area (TPSA) is 0 Å². The lowest BCUT2D eigenvalue weighted by molar-refractivity contribution is 0.910. The van der Waals surface area contributed by atoms with E-state index in [2.05, 4.69) is 34.1 Å². The molecule has 0 saturated heterocycles. The maximum Gasteiger partial charge on any atom is 0.0595 e. The highest BCUT2D eigenvalue weighted by atomic mass is 79.9. The molecule has 2 aromatic rings. The second-order valence-corrected chi connectivity index (χ2v) is 7.22. The highest BCUT2D eigenvalue weighted by molar-refractivity contribution is 9.09. The van der Waals surface area contributed by atoms with Crippen LogP contribution in [0.25, 0.3) is 0 Å². The fourth-order valence-corrected chi connectivity index (χ4v) is 3.76. The number of hydrogen-bond acceptors (Lipinski definition) is 0. The molecule has 0 amide bonds. The van der Waals surface area contributed by atoms with Crippen molar-refractivity contribution >= 4 is 39.1 Å². The molecule has 0 heterocycles. The molecule has 3 heteroatoms. The van der Waals surface area contributed by atoms with Gasteiger partial charge in [-0.3, -0.25) is 0 Å². The van der Waals surface area contributed by atoms with Crippen LogP contribution < -0.4 is 0 Å². The number of hydrogen-bond donors (Lipinski definition) is 0. The molecule has 0 radical (unpaired) electrons. The second kappa shape index (κ2) is 6.09. The number of benzene rings is 2. The summed E-state index contributed by atoms with van der Waals surface area (Å²) in [4.78, 5) is 0.311. The summed E-state index contributed by atoms with van der Waals surface area (Å²) in [5, 5.41) is 1.23. The van der Waals surface area contributed by atoms with Gasteiger partial charge in [-0.25, -0.2) is 0 Å². The molecule has 20 heavy (non-hydrogen) atoms. The Balaban J connectivity index is 1.78. The van der Waals surface area contributed by atoms with Crippen LogP contribution in [0.4, 0.5) is 0 Å². The lowest BCUT2D eigenvalue weighted by Crippen LogP contribution is -1.97. The van der Waals surface area contributed by atoms with Crippen LogP contribution in [0.2, 0.25) is 10.0 Å². The zero-order chi connectivity index (χ0) is 14.1. The van der Waals surface area contributed by atoms with Crippen molar-refractivity contribution in [3.63, 3.8) is 0 Å². The van der Waals surface area contributed by atoms with E-state index in [0.29, 0.717) is 14.9 Å². The Kier molecular flexibility index (Phi) is 4.40. The molecule has 0 spiro atoms. The van der Waals surface area contributed by atoms with E-state index < -0.39 is 0 Å². The van der Waals surface area contributed by atoms with Gasteiger partial charge in [0.2, 0.25) is 0 Å². The van der Waals surface area contributed by atoms with Crippen LogP contribution in [-0.2, 0) is 19.3 Å². The number of rotatable bonds is 3. The van der Waals surface area contributed by atoms with Crippen LogP contribution in [0.5, 0.6) is 0 Å². The summed E-state index contributed by atoms with van der Waals surface area (Å²) >= 11 is 15.8. The van der Waals surface area contributed by atoms with Gasteiger partial charge in [-0.15, -0.1) is 0 Å². The standard InChI is InChI=1S/C17H15BrCl2/c18-15(8-11-4-7-16(19)17(20)9-11)14-6-5-12-2-1-3-13(12)10-14/h4-7,9-10,15H,1-3,8H2. The maximum absolute atomic E-state index is 6.07. The van der Waals surface area contributed by atoms with Gasteiger partial charge in [-0.2, -0.15) is 0 Å². The van der Waals surface area contributed by atoms with Gasteiger partial charge in [0, 0.05) is 4.83 Å². The molecule has 1 aliphatic carbocycles. The molecule has 0 bridgehead atoms. The second-order valence-electron chi connectivity index (χ2n) is 5.30. The van der Waals surface area contributed by atoms with Crippen molar-refractivity contribution in [1.82, 2.24) is 0 Å². The Bertz CT molecular complexity index is 637. The van der Waals surface area contributed by atoms with E-state index in [4.69, 9.17) is 23.2 Å². The van der Waals surface area contributed by atoms with E-state index in [0.717, 1.165) is 6.42 Å². The zero-order valence-corrected chi connectivity index (χ0v) is 14.1. The maximum atomic E-state index is 6.07. The van der Waals surface area contributed by atoms with Crippen LogP contribution in [0, 0.1) is 0 Å². The Morgan fingerprint density at radius 2 is 1.75 bits per heavy atom. The third-order valence-corrected chi connectivity index (χ3v) is 5.47. The van der Waals surface area contributed by atoms with Gasteiger partial charge in [0.1, 0.15) is 0 Å². The summed E-state index contributed by atoms with van der Waals surface area (Å²) in [7, 11) is 0. The average molecular weight is 370 g/mol. The minimum absolute atomic E-state index is 0.311. The van der Waals surface area contributed by atoms with Crippen molar-refractivity contribution in [1.29, 1.82) is 0 Å². The van der Waals surface area contributed by atoms with Crippen molar-refractivity contribution in [2.45, 2.75) is 30.5 Å². The SMILES string of the molecule is Clc1ccc(CC(Br)c2ccc3c(c2)CCC3)cc1Cl. The Labute approximate surface area is 138 Å². The van der Waals surface area contributed by atoms with Gasteiger partial charge in [0.05, 0.1) is 10.0 Å². The molecule has 0 fully saturated rings. The van der Waals surface area contributed by atoms with Gasteiger partial charge in [0.25, 0.3) is 0 Å². The van der Waals surface area contributed by atoms with Gasteiger partial charge in [-0.1, -0.05) is 63.4 Å². The fraction of sp³-hybridized carbons (Fsp3) is 0.294. The highest BCUT2D eigenvalue weighted by Crippen LogP contribution is 2.32. The van der Waals surface area contributed by atoms with Crippen molar-refractivity contribution in [2.75, 3.05) is 0 Å². The predicted molar refractivity (Wildman–Crippen MR) is 90.3 cm³/mol. The summed E-state index contributed by atoms with van der Waals surface area (Å²) < 4.78 is 0. The number of halogens is 3. The van der Waals surface area contributed by atoms with Crippen LogP contribution in [0.3, 0.4) is 0 Å². The van der Waals surface area contributed by atoms with Gasteiger partial charge in [0.15, 0.2) is 0 Å². The molecule has 0 N–H and O–H groups in total. The van der Waals surface area contributed by atoms with Crippen molar-refractivity contribution in [2.24, 2.45) is 0 Å². The largest absolute Gasteiger partial charge is 0.0835 e. The first-order valence-corrected chi connectivity index (χ1v) is 8.50. The third-order valence-electron chi connectivity index (χ3n) is 3.88. The Morgan fingerprint density at radius 1 is 0.950 bits per heavy atom. The van der Waals surface area contributed by atoms with E-state index in [9.17, 15) is 0 Å². The number of aryl methyl sites for hydroxylation is 2. The molecule has 1 aliphatic rings. The molecule has 0 nitrogen and oxygen atoms in total. The lowest BCUT2D eigenvalue weighted by Gasteiger charge is -2.12. The van der Waals surface area contributed by atoms with Gasteiger partial charge >= 0.3 is 0 Å². The quantitative estimate of drug-likeness (QED) is 0.568. The average Bonchev–Trinajstić information content (AvgIpc) is 2.90. The summed E-state index contributed by atoms with van der Waals surface area (Å²) in [5.74, 6) is 0. The molecule has 1 atom stereocenters. The first-order valence-electron chi connectivity index (χ1n) is 6.83. The molecule has 0 saturated carbocycles. The highest BCUT2D eigenvalue weighted by Gasteiger charge is 2.15. The zero-order valence-electron chi connectivity index (χ0n) is 11.0. The van der Waals surface area contributed by atoms with Crippen LogP contribution in [0.1, 0.15) is 33.5 Å². The fourth-order valence-electron chi connectivity index (χ4n) is 2.78. The third kappa shape index (κ3) is 3.05. The molecular weight excluding hydrogens is 355 g/mol. The number of fused-ring (bicyclic) bond motifs is 1. The molecule has 104 valence electrons. The summed E-state index contributed by atoms with van der Waals surface area (Å²) in [6.07, 6.45) is 4.65. The van der Waals surface area contributed by atoms with E-state index in [-0.39, 0.29) is 0 Å². The minimum atomic E-state index is 0.311. The van der Waals surface area contributed by atoms with Crippen LogP contribution in [-0.4, -0.2) is 0 Å². The van der Waals surface area contributed by atoms with Crippen LogP contribution >= 0.6 is 39.1 Å². The predicted octanol–water partition coefficient (Wildman–Crippen LogP) is 6.16. The summed E-state index contributed by atoms with van der Waals surface area (Å²) in [5.41, 5.74) is 5.57. The van der Waals surface area contributed by atoms with E-state index in [1.54, 1.807) is 0 Å². The minimum Gasteiger partial charge on any atom is -0.0835 e. The molecule has 0 aromatic heterocycles. The first kappa shape index (κ1) is 14.4. The lowest BCUT2D eigenvalue weighted by atomic mass is 10.0. The Hall–Kier alpha value is -0.500. The first-order chi connectivity index (χ1) is 9.63. The molecule has 2 aromatic carbocycles.